The molecule has 0 aromatic heterocycles. The molecule has 0 aliphatic carbocycles. The molecule has 3 rings (SSSR count). The normalized spacial score (nSPS) is 13.9. The van der Waals surface area contributed by atoms with Crippen molar-refractivity contribution in [2.75, 3.05) is 37.5 Å². The van der Waals surface area contributed by atoms with Gasteiger partial charge in [0.15, 0.2) is 0 Å². The summed E-state index contributed by atoms with van der Waals surface area (Å²) in [5, 5.41) is 3.16. The molecular weight excluding hydrogens is 354 g/mol. The van der Waals surface area contributed by atoms with E-state index >= 15 is 0 Å². The molecule has 6 nitrogen and oxygen atoms in total. The van der Waals surface area contributed by atoms with Crippen LogP contribution in [0.5, 0.6) is 5.75 Å². The summed E-state index contributed by atoms with van der Waals surface area (Å²) in [6.07, 6.45) is 0. The molecule has 2 amide bonds. The van der Waals surface area contributed by atoms with E-state index in [2.05, 4.69) is 5.32 Å². The molecule has 1 N–H and O–H groups in total. The van der Waals surface area contributed by atoms with Gasteiger partial charge in [-0.2, -0.15) is 0 Å². The number of likely N-dealkylation sites (N-methyl/N-ethyl adjacent to an activating group) is 1. The number of carbonyl (C=O) groups is 2. The molecule has 0 spiro atoms. The fourth-order valence-corrected chi connectivity index (χ4v) is 3.12. The van der Waals surface area contributed by atoms with E-state index in [0.29, 0.717) is 30.0 Å². The first-order chi connectivity index (χ1) is 13.5. The largest absolute Gasteiger partial charge is 0.494 e. The Balaban J connectivity index is 1.98. The molecule has 1 heterocycles. The molecule has 0 saturated carbocycles. The third-order valence-corrected chi connectivity index (χ3v) is 4.59. The van der Waals surface area contributed by atoms with E-state index in [-0.39, 0.29) is 11.8 Å². The molecule has 0 radical (unpaired) electrons. The Bertz CT molecular complexity index is 900. The number of carbonyl (C=O) groups excluding carboxylic acids is 2. The summed E-state index contributed by atoms with van der Waals surface area (Å²) in [4.78, 5) is 29.0. The Morgan fingerprint density at radius 2 is 1.57 bits per heavy atom. The topological polar surface area (TPSA) is 61.9 Å². The summed E-state index contributed by atoms with van der Waals surface area (Å²) < 4.78 is 5.47. The fourth-order valence-electron chi connectivity index (χ4n) is 3.12. The minimum Gasteiger partial charge on any atom is -0.494 e. The minimum absolute atomic E-state index is 0.288. The first-order valence-electron chi connectivity index (χ1n) is 9.34. The van der Waals surface area contributed by atoms with Crippen LogP contribution in [0.25, 0.3) is 5.57 Å². The molecule has 0 unspecified atom stereocenters. The second-order valence-corrected chi connectivity index (χ2v) is 6.63. The molecule has 1 aliphatic heterocycles. The molecule has 2 aromatic carbocycles. The lowest BCUT2D eigenvalue weighted by atomic mass is 10.0. The Kier molecular flexibility index (Phi) is 5.68. The molecule has 0 saturated heterocycles. The van der Waals surface area contributed by atoms with E-state index in [0.717, 1.165) is 17.1 Å². The van der Waals surface area contributed by atoms with Crippen molar-refractivity contribution in [1.29, 1.82) is 0 Å². The first kappa shape index (κ1) is 19.5. The third-order valence-electron chi connectivity index (χ3n) is 4.59. The Labute approximate surface area is 165 Å². The molecular formula is C22H25N3O3. The number of nitrogens with one attached hydrogen (secondary N) is 1. The fraction of sp³-hybridized carbons (Fsp3) is 0.273. The van der Waals surface area contributed by atoms with Crippen LogP contribution in [0.1, 0.15) is 19.4 Å². The average Bonchev–Trinajstić information content (AvgIpc) is 2.92. The molecule has 0 atom stereocenters. The van der Waals surface area contributed by atoms with Crippen LogP contribution in [0.15, 0.2) is 54.2 Å². The number of nitrogens with zero attached hydrogens (tertiary/aromatic N) is 2. The molecule has 1 aliphatic rings. The average molecular weight is 379 g/mol. The van der Waals surface area contributed by atoms with E-state index in [1.165, 1.54) is 4.90 Å². The van der Waals surface area contributed by atoms with Crippen LogP contribution in [0.3, 0.4) is 0 Å². The monoisotopic (exact) mass is 379 g/mol. The lowest BCUT2D eigenvalue weighted by molar-refractivity contribution is -0.136. The first-order valence-corrected chi connectivity index (χ1v) is 9.34. The van der Waals surface area contributed by atoms with Crippen molar-refractivity contribution < 1.29 is 14.3 Å². The highest BCUT2D eigenvalue weighted by Crippen LogP contribution is 2.31. The third kappa shape index (κ3) is 3.71. The summed E-state index contributed by atoms with van der Waals surface area (Å²) in [7, 11) is 3.93. The predicted octanol–water partition coefficient (Wildman–Crippen LogP) is 3.36. The van der Waals surface area contributed by atoms with Crippen molar-refractivity contribution in [2.45, 2.75) is 13.8 Å². The predicted molar refractivity (Wildman–Crippen MR) is 111 cm³/mol. The highest BCUT2D eigenvalue weighted by atomic mass is 16.5. The maximum absolute atomic E-state index is 12.9. The van der Waals surface area contributed by atoms with Gasteiger partial charge in [0.25, 0.3) is 11.8 Å². The molecule has 6 heteroatoms. The van der Waals surface area contributed by atoms with E-state index in [1.54, 1.807) is 6.92 Å². The second kappa shape index (κ2) is 8.17. The zero-order valence-corrected chi connectivity index (χ0v) is 16.7. The van der Waals surface area contributed by atoms with E-state index in [1.807, 2.05) is 74.4 Å². The molecule has 0 bridgehead atoms. The highest BCUT2D eigenvalue weighted by Gasteiger charge is 2.38. The van der Waals surface area contributed by atoms with Gasteiger partial charge in [0.2, 0.25) is 0 Å². The molecule has 0 fully saturated rings. The van der Waals surface area contributed by atoms with E-state index < -0.39 is 0 Å². The van der Waals surface area contributed by atoms with Crippen LogP contribution >= 0.6 is 0 Å². The quantitative estimate of drug-likeness (QED) is 0.748. The van der Waals surface area contributed by atoms with Crippen LogP contribution in [0, 0.1) is 0 Å². The highest BCUT2D eigenvalue weighted by molar-refractivity contribution is 6.36. The van der Waals surface area contributed by atoms with Gasteiger partial charge in [-0.3, -0.25) is 14.5 Å². The summed E-state index contributed by atoms with van der Waals surface area (Å²) in [5.74, 6) is 0.127. The van der Waals surface area contributed by atoms with Gasteiger partial charge in [0, 0.05) is 32.0 Å². The summed E-state index contributed by atoms with van der Waals surface area (Å²) >= 11 is 0. The van der Waals surface area contributed by atoms with Gasteiger partial charge in [0.1, 0.15) is 11.4 Å². The standard InChI is InChI=1S/C22H25N3O3/c1-5-25-21(26)19(15-7-13-18(14-8-15)28-6-2)20(22(25)27)23-16-9-11-17(12-10-16)24(3)4/h7-14,23H,5-6H2,1-4H3. The maximum Gasteiger partial charge on any atom is 0.278 e. The zero-order chi connectivity index (χ0) is 20.3. The number of rotatable bonds is 7. The molecule has 2 aromatic rings. The lowest BCUT2D eigenvalue weighted by Crippen LogP contribution is -2.32. The van der Waals surface area contributed by atoms with Gasteiger partial charge in [-0.15, -0.1) is 0 Å². The number of imide groups is 1. The van der Waals surface area contributed by atoms with Crippen LogP contribution in [0.4, 0.5) is 11.4 Å². The van der Waals surface area contributed by atoms with Crippen molar-refractivity contribution in [1.82, 2.24) is 4.90 Å². The van der Waals surface area contributed by atoms with Crippen LogP contribution < -0.4 is 15.0 Å². The molecule has 146 valence electrons. The second-order valence-electron chi connectivity index (χ2n) is 6.63. The number of amides is 2. The molecule has 28 heavy (non-hydrogen) atoms. The van der Waals surface area contributed by atoms with Crippen molar-refractivity contribution in [3.63, 3.8) is 0 Å². The Hall–Kier alpha value is -3.28. The summed E-state index contributed by atoms with van der Waals surface area (Å²) in [5.41, 5.74) is 3.17. The van der Waals surface area contributed by atoms with Gasteiger partial charge < -0.3 is 15.0 Å². The summed E-state index contributed by atoms with van der Waals surface area (Å²) in [6.45, 7) is 4.60. The van der Waals surface area contributed by atoms with E-state index in [4.69, 9.17) is 4.74 Å². The van der Waals surface area contributed by atoms with Crippen LogP contribution in [0.2, 0.25) is 0 Å². The lowest BCUT2D eigenvalue weighted by Gasteiger charge is -2.14. The van der Waals surface area contributed by atoms with Crippen molar-refractivity contribution in [2.24, 2.45) is 0 Å². The van der Waals surface area contributed by atoms with Crippen molar-refractivity contribution >= 4 is 28.8 Å². The number of hydrogen-bond acceptors (Lipinski definition) is 5. The van der Waals surface area contributed by atoms with Crippen molar-refractivity contribution in [3.8, 4) is 5.75 Å². The van der Waals surface area contributed by atoms with Crippen molar-refractivity contribution in [3.05, 3.63) is 59.8 Å². The SMILES string of the molecule is CCOc1ccc(C2=C(Nc3ccc(N(C)C)cc3)C(=O)N(CC)C2=O)cc1. The van der Waals surface area contributed by atoms with Gasteiger partial charge in [-0.25, -0.2) is 0 Å². The van der Waals surface area contributed by atoms with Crippen LogP contribution in [-0.2, 0) is 9.59 Å². The van der Waals surface area contributed by atoms with Gasteiger partial charge >= 0.3 is 0 Å². The Morgan fingerprint density at radius 3 is 2.11 bits per heavy atom. The smallest absolute Gasteiger partial charge is 0.278 e. The van der Waals surface area contributed by atoms with Crippen LogP contribution in [-0.4, -0.2) is 44.0 Å². The van der Waals surface area contributed by atoms with Gasteiger partial charge in [0.05, 0.1) is 12.2 Å². The summed E-state index contributed by atoms with van der Waals surface area (Å²) in [6, 6.07) is 14.9. The van der Waals surface area contributed by atoms with Gasteiger partial charge in [-0.1, -0.05) is 12.1 Å². The number of hydrogen-bond donors (Lipinski definition) is 1. The van der Waals surface area contributed by atoms with Gasteiger partial charge in [-0.05, 0) is 55.8 Å². The minimum atomic E-state index is -0.312. The van der Waals surface area contributed by atoms with E-state index in [9.17, 15) is 9.59 Å². The number of anilines is 2. The Morgan fingerprint density at radius 1 is 0.929 bits per heavy atom. The zero-order valence-electron chi connectivity index (χ0n) is 16.7. The number of benzene rings is 2. The maximum atomic E-state index is 12.9. The number of ether oxygens (including phenoxy) is 1.